The molecule has 1 rings (SSSR count). The quantitative estimate of drug-likeness (QED) is 0.0261. The Morgan fingerprint density at radius 3 is 1.08 bits per heavy atom. The van der Waals surface area contributed by atoms with Crippen LogP contribution in [0.1, 0.15) is 335 Å². The number of amides is 1. The van der Waals surface area contributed by atoms with Gasteiger partial charge in [0.05, 0.1) is 25.4 Å². The van der Waals surface area contributed by atoms with Gasteiger partial charge in [-0.15, -0.1) is 0 Å². The number of ether oxygens (including phenoxy) is 2. The number of carbonyl (C=O) groups excluding carboxylic acids is 1. The van der Waals surface area contributed by atoms with Crippen molar-refractivity contribution >= 4 is 5.91 Å². The summed E-state index contributed by atoms with van der Waals surface area (Å²) in [5, 5.41) is 54.8. The van der Waals surface area contributed by atoms with Crippen LogP contribution >= 0.6 is 0 Å². The molecule has 1 saturated heterocycles. The van der Waals surface area contributed by atoms with Gasteiger partial charge < -0.3 is 40.3 Å². The molecule has 0 aliphatic carbocycles. The third kappa shape index (κ3) is 56.1. The van der Waals surface area contributed by atoms with Crippen LogP contribution in [0.25, 0.3) is 0 Å². The van der Waals surface area contributed by atoms with Crippen molar-refractivity contribution in [2.24, 2.45) is 0 Å². The standard InChI is InChI=1S/C80H141NO8/c1-3-5-7-9-11-13-15-17-19-21-23-25-27-29-31-33-34-35-36-37-38-39-40-42-44-46-48-50-52-54-56-58-60-62-64-66-68-70-76(84)81-73(72-88-80-79(87)78(86)77(85)75(71-82)89-80)74(83)69-67-65-63-61-59-57-55-53-51-49-47-45-43-41-32-30-28-26-24-22-20-18-16-14-12-10-8-6-4-2/h5,7,11,13,17,19,23,25,29,31,34-35,37-38,59,61,67,69,73-75,77-80,82-83,85-87H,3-4,6,8-10,12,14-16,18,20-22,24,26-28,30,32-33,36,39-58,60,62-66,68,70-72H2,1-2H3,(H,81,84)/b7-5-,13-11-,19-17-,25-23-,31-29-,35-34-,38-37-,61-59+,69-67+. The van der Waals surface area contributed by atoms with Crippen molar-refractivity contribution in [1.82, 2.24) is 5.32 Å². The predicted octanol–water partition coefficient (Wildman–Crippen LogP) is 21.2. The van der Waals surface area contributed by atoms with Gasteiger partial charge in [0, 0.05) is 6.42 Å². The highest BCUT2D eigenvalue weighted by molar-refractivity contribution is 5.76. The maximum absolute atomic E-state index is 13.2. The molecule has 6 N–H and O–H groups in total. The van der Waals surface area contributed by atoms with Gasteiger partial charge in [-0.25, -0.2) is 0 Å². The summed E-state index contributed by atoms with van der Waals surface area (Å²) < 4.78 is 11.3. The van der Waals surface area contributed by atoms with Gasteiger partial charge in [0.15, 0.2) is 6.29 Å². The van der Waals surface area contributed by atoms with Crippen LogP contribution in [-0.2, 0) is 14.3 Å². The largest absolute Gasteiger partial charge is 0.394 e. The molecular weight excluding hydrogens is 1100 g/mol. The van der Waals surface area contributed by atoms with Crippen LogP contribution in [0, 0.1) is 0 Å². The van der Waals surface area contributed by atoms with E-state index in [1.807, 2.05) is 6.08 Å². The van der Waals surface area contributed by atoms with E-state index in [0.717, 1.165) is 83.5 Å². The van der Waals surface area contributed by atoms with Crippen LogP contribution in [0.3, 0.4) is 0 Å². The highest BCUT2D eigenvalue weighted by Gasteiger charge is 2.44. The Bertz CT molecular complexity index is 1780. The third-order valence-corrected chi connectivity index (χ3v) is 17.3. The van der Waals surface area contributed by atoms with Crippen molar-refractivity contribution in [2.75, 3.05) is 13.2 Å². The molecule has 1 amide bonds. The normalized spacial score (nSPS) is 18.5. The van der Waals surface area contributed by atoms with Crippen LogP contribution in [0.4, 0.5) is 0 Å². The minimum absolute atomic E-state index is 0.186. The monoisotopic (exact) mass is 1240 g/mol. The van der Waals surface area contributed by atoms with Crippen molar-refractivity contribution < 1.29 is 39.8 Å². The first-order valence-electron chi connectivity index (χ1n) is 37.6. The predicted molar refractivity (Wildman–Crippen MR) is 382 cm³/mol. The fourth-order valence-corrected chi connectivity index (χ4v) is 11.5. The Morgan fingerprint density at radius 2 is 0.708 bits per heavy atom. The fraction of sp³-hybridized carbons (Fsp3) is 0.762. The molecule has 0 aromatic heterocycles. The van der Waals surface area contributed by atoms with E-state index in [4.69, 9.17) is 9.47 Å². The second-order valence-corrected chi connectivity index (χ2v) is 25.7. The second kappa shape index (κ2) is 67.7. The van der Waals surface area contributed by atoms with Crippen LogP contribution in [0.15, 0.2) is 109 Å². The molecule has 514 valence electrons. The highest BCUT2D eigenvalue weighted by Crippen LogP contribution is 2.23. The van der Waals surface area contributed by atoms with Crippen molar-refractivity contribution in [2.45, 2.75) is 378 Å². The van der Waals surface area contributed by atoms with Gasteiger partial charge in [-0.2, -0.15) is 0 Å². The van der Waals surface area contributed by atoms with Crippen molar-refractivity contribution in [3.05, 3.63) is 109 Å². The van der Waals surface area contributed by atoms with Gasteiger partial charge in [-0.05, 0) is 89.9 Å². The lowest BCUT2D eigenvalue weighted by molar-refractivity contribution is -0.302. The number of rotatable bonds is 65. The molecule has 0 bridgehead atoms. The lowest BCUT2D eigenvalue weighted by atomic mass is 9.99. The number of aliphatic hydroxyl groups excluding tert-OH is 5. The summed E-state index contributed by atoms with van der Waals surface area (Å²) in [5.74, 6) is -0.186. The minimum atomic E-state index is -1.58. The SMILES string of the molecule is CC/C=C\C/C=C\C/C=C\C/C=C\C/C=C\C/C=C\C/C=C\CCCCCCCCCCCCCCCCCC(=O)NC(COC1OC(CO)C(O)C(O)C1O)C(O)/C=C/CC/C=C/CCCCCCCCCCCCCCCCCCCCCCCCC. The second-order valence-electron chi connectivity index (χ2n) is 25.7. The van der Waals surface area contributed by atoms with E-state index in [-0.39, 0.29) is 12.5 Å². The molecule has 9 heteroatoms. The molecule has 0 aromatic rings. The van der Waals surface area contributed by atoms with Crippen molar-refractivity contribution in [3.8, 4) is 0 Å². The average molecular weight is 1250 g/mol. The van der Waals surface area contributed by atoms with Crippen LogP contribution in [-0.4, -0.2) is 87.5 Å². The van der Waals surface area contributed by atoms with E-state index in [1.165, 1.54) is 231 Å². The summed E-state index contributed by atoms with van der Waals surface area (Å²) in [6, 6.07) is -0.830. The highest BCUT2D eigenvalue weighted by atomic mass is 16.7. The van der Waals surface area contributed by atoms with Crippen molar-refractivity contribution in [1.29, 1.82) is 0 Å². The lowest BCUT2D eigenvalue weighted by Gasteiger charge is -2.40. The molecule has 0 saturated carbocycles. The Labute approximate surface area is 548 Å². The first-order valence-corrected chi connectivity index (χ1v) is 37.6. The number of hydrogen-bond donors (Lipinski definition) is 6. The molecule has 0 spiro atoms. The third-order valence-electron chi connectivity index (χ3n) is 17.3. The number of hydrogen-bond acceptors (Lipinski definition) is 8. The molecule has 0 aromatic carbocycles. The smallest absolute Gasteiger partial charge is 0.220 e. The Hall–Kier alpha value is -3.15. The molecule has 1 aliphatic rings. The molecule has 1 heterocycles. The zero-order valence-electron chi connectivity index (χ0n) is 57.7. The van der Waals surface area contributed by atoms with E-state index in [2.05, 4.69) is 116 Å². The zero-order valence-corrected chi connectivity index (χ0v) is 57.7. The average Bonchev–Trinajstić information content (AvgIpc) is 2.28. The molecule has 0 radical (unpaired) electrons. The maximum Gasteiger partial charge on any atom is 0.220 e. The van der Waals surface area contributed by atoms with Crippen LogP contribution < -0.4 is 5.32 Å². The number of nitrogens with one attached hydrogen (secondary N) is 1. The summed E-state index contributed by atoms with van der Waals surface area (Å²) in [5.41, 5.74) is 0. The van der Waals surface area contributed by atoms with E-state index in [0.29, 0.717) is 6.42 Å². The van der Waals surface area contributed by atoms with Crippen LogP contribution in [0.2, 0.25) is 0 Å². The zero-order chi connectivity index (χ0) is 64.2. The van der Waals surface area contributed by atoms with Crippen molar-refractivity contribution in [3.63, 3.8) is 0 Å². The first-order chi connectivity index (χ1) is 43.8. The van der Waals surface area contributed by atoms with E-state index in [1.54, 1.807) is 6.08 Å². The van der Waals surface area contributed by atoms with Gasteiger partial charge >= 0.3 is 0 Å². The Kier molecular flexibility index (Phi) is 63.8. The number of carbonyl (C=O) groups is 1. The minimum Gasteiger partial charge on any atom is -0.394 e. The first kappa shape index (κ1) is 83.9. The Balaban J connectivity index is 2.13. The molecular formula is C80H141NO8. The van der Waals surface area contributed by atoms with Gasteiger partial charge in [0.25, 0.3) is 0 Å². The summed E-state index contributed by atoms with van der Waals surface area (Å²) in [6.45, 7) is 3.68. The molecule has 7 unspecified atom stereocenters. The maximum atomic E-state index is 13.2. The fourth-order valence-electron chi connectivity index (χ4n) is 11.5. The topological polar surface area (TPSA) is 149 Å². The summed E-state index contributed by atoms with van der Waals surface area (Å²) in [4.78, 5) is 13.2. The summed E-state index contributed by atoms with van der Waals surface area (Å²) >= 11 is 0. The number of aliphatic hydroxyl groups is 5. The molecule has 89 heavy (non-hydrogen) atoms. The van der Waals surface area contributed by atoms with Crippen LogP contribution in [0.5, 0.6) is 0 Å². The molecule has 1 aliphatic heterocycles. The Morgan fingerprint density at radius 1 is 0.393 bits per heavy atom. The van der Waals surface area contributed by atoms with E-state index in [9.17, 15) is 30.3 Å². The summed E-state index contributed by atoms with van der Waals surface area (Å²) in [7, 11) is 0. The lowest BCUT2D eigenvalue weighted by Crippen LogP contribution is -2.60. The molecule has 1 fully saturated rings. The number of unbranched alkanes of at least 4 members (excludes halogenated alkanes) is 39. The van der Waals surface area contributed by atoms with Gasteiger partial charge in [-0.1, -0.05) is 348 Å². The van der Waals surface area contributed by atoms with E-state index < -0.39 is 49.5 Å². The summed E-state index contributed by atoms with van der Waals surface area (Å²) in [6.07, 6.45) is 93.5. The van der Waals surface area contributed by atoms with Gasteiger partial charge in [0.2, 0.25) is 5.91 Å². The van der Waals surface area contributed by atoms with Gasteiger partial charge in [0.1, 0.15) is 24.4 Å². The number of allylic oxidation sites excluding steroid dienone is 17. The molecule has 9 nitrogen and oxygen atoms in total. The van der Waals surface area contributed by atoms with E-state index >= 15 is 0 Å². The molecule has 7 atom stereocenters. The van der Waals surface area contributed by atoms with Gasteiger partial charge in [-0.3, -0.25) is 4.79 Å².